The van der Waals surface area contributed by atoms with Crippen LogP contribution in [0.4, 0.5) is 10.1 Å². The molecular formula is C14H21FN2. The molecule has 1 fully saturated rings. The second-order valence-corrected chi connectivity index (χ2v) is 4.87. The molecule has 1 heterocycles. The predicted molar refractivity (Wildman–Crippen MR) is 69.9 cm³/mol. The zero-order valence-corrected chi connectivity index (χ0v) is 10.6. The van der Waals surface area contributed by atoms with Crippen LogP contribution < -0.4 is 10.2 Å². The molecule has 17 heavy (non-hydrogen) atoms. The van der Waals surface area contributed by atoms with Gasteiger partial charge in [0, 0.05) is 30.9 Å². The van der Waals surface area contributed by atoms with Crippen LogP contribution in [0, 0.1) is 5.82 Å². The summed E-state index contributed by atoms with van der Waals surface area (Å²) in [7, 11) is 0. The molecule has 2 nitrogen and oxygen atoms in total. The van der Waals surface area contributed by atoms with Gasteiger partial charge in [-0.05, 0) is 37.6 Å². The summed E-state index contributed by atoms with van der Waals surface area (Å²) in [6.45, 7) is 6.43. The van der Waals surface area contributed by atoms with E-state index in [1.807, 2.05) is 12.1 Å². The third-order valence-electron chi connectivity index (χ3n) is 3.45. The average Bonchev–Trinajstić information content (AvgIpc) is 2.33. The van der Waals surface area contributed by atoms with E-state index in [4.69, 9.17) is 0 Å². The molecular weight excluding hydrogens is 215 g/mol. The van der Waals surface area contributed by atoms with Gasteiger partial charge in [-0.3, -0.25) is 0 Å². The van der Waals surface area contributed by atoms with Gasteiger partial charge >= 0.3 is 0 Å². The highest BCUT2D eigenvalue weighted by Crippen LogP contribution is 2.21. The maximum Gasteiger partial charge on any atom is 0.123 e. The summed E-state index contributed by atoms with van der Waals surface area (Å²) < 4.78 is 12.9. The molecule has 1 aliphatic heterocycles. The van der Waals surface area contributed by atoms with Crippen LogP contribution in [0.1, 0.15) is 26.7 Å². The van der Waals surface area contributed by atoms with E-state index in [2.05, 4.69) is 24.1 Å². The molecule has 1 N–H and O–H groups in total. The first-order valence-corrected chi connectivity index (χ1v) is 6.46. The largest absolute Gasteiger partial charge is 0.366 e. The van der Waals surface area contributed by atoms with Gasteiger partial charge in [0.05, 0.1) is 0 Å². The zero-order chi connectivity index (χ0) is 12.3. The molecule has 1 saturated heterocycles. The lowest BCUT2D eigenvalue weighted by atomic mass is 10.1. The van der Waals surface area contributed by atoms with E-state index in [1.165, 1.54) is 12.8 Å². The quantitative estimate of drug-likeness (QED) is 0.868. The van der Waals surface area contributed by atoms with E-state index in [-0.39, 0.29) is 5.82 Å². The standard InChI is InChI=1S/C14H21FN2/c1-3-4-13-10-17(11(2)9-16-13)14-7-5-12(15)6-8-14/h5-8,11,13,16H,3-4,9-10H2,1-2H3. The fourth-order valence-electron chi connectivity index (χ4n) is 2.46. The lowest BCUT2D eigenvalue weighted by molar-refractivity contribution is 0.386. The highest BCUT2D eigenvalue weighted by Gasteiger charge is 2.24. The van der Waals surface area contributed by atoms with Gasteiger partial charge in [0.15, 0.2) is 0 Å². The van der Waals surface area contributed by atoms with Gasteiger partial charge < -0.3 is 10.2 Å². The lowest BCUT2D eigenvalue weighted by Gasteiger charge is -2.40. The van der Waals surface area contributed by atoms with Gasteiger partial charge in [0.25, 0.3) is 0 Å². The molecule has 0 aromatic heterocycles. The van der Waals surface area contributed by atoms with Gasteiger partial charge in [-0.25, -0.2) is 4.39 Å². The van der Waals surface area contributed by atoms with E-state index in [0.29, 0.717) is 12.1 Å². The van der Waals surface area contributed by atoms with Crippen LogP contribution in [0.2, 0.25) is 0 Å². The number of nitrogens with one attached hydrogen (secondary N) is 1. The molecule has 2 atom stereocenters. The fraction of sp³-hybridized carbons (Fsp3) is 0.571. The average molecular weight is 236 g/mol. The SMILES string of the molecule is CCCC1CN(c2ccc(F)cc2)C(C)CN1. The van der Waals surface area contributed by atoms with Crippen molar-refractivity contribution in [3.63, 3.8) is 0 Å². The Bertz CT molecular complexity index is 350. The Kier molecular flexibility index (Phi) is 4.00. The van der Waals surface area contributed by atoms with Crippen molar-refractivity contribution in [2.75, 3.05) is 18.0 Å². The number of piperazine rings is 1. The van der Waals surface area contributed by atoms with E-state index in [1.54, 1.807) is 12.1 Å². The topological polar surface area (TPSA) is 15.3 Å². The van der Waals surface area contributed by atoms with Crippen LogP contribution in [-0.4, -0.2) is 25.2 Å². The minimum absolute atomic E-state index is 0.165. The maximum absolute atomic E-state index is 12.9. The third-order valence-corrected chi connectivity index (χ3v) is 3.45. The zero-order valence-electron chi connectivity index (χ0n) is 10.6. The summed E-state index contributed by atoms with van der Waals surface area (Å²) >= 11 is 0. The first-order valence-electron chi connectivity index (χ1n) is 6.46. The Hall–Kier alpha value is -1.09. The molecule has 1 aliphatic rings. The lowest BCUT2D eigenvalue weighted by Crippen LogP contribution is -2.55. The van der Waals surface area contributed by atoms with E-state index < -0.39 is 0 Å². The summed E-state index contributed by atoms with van der Waals surface area (Å²) in [6, 6.07) is 7.85. The Labute approximate surface area is 103 Å². The molecule has 94 valence electrons. The number of halogens is 1. The van der Waals surface area contributed by atoms with Crippen LogP contribution in [0.5, 0.6) is 0 Å². The van der Waals surface area contributed by atoms with Crippen molar-refractivity contribution in [2.45, 2.75) is 38.8 Å². The third kappa shape index (κ3) is 2.97. The van der Waals surface area contributed by atoms with Crippen LogP contribution in [0.15, 0.2) is 24.3 Å². The fourth-order valence-corrected chi connectivity index (χ4v) is 2.46. The number of rotatable bonds is 3. The van der Waals surface area contributed by atoms with Crippen LogP contribution in [0.3, 0.4) is 0 Å². The first-order chi connectivity index (χ1) is 8.20. The highest BCUT2D eigenvalue weighted by atomic mass is 19.1. The monoisotopic (exact) mass is 236 g/mol. The minimum atomic E-state index is -0.165. The predicted octanol–water partition coefficient (Wildman–Crippen LogP) is 2.79. The van der Waals surface area contributed by atoms with E-state index >= 15 is 0 Å². The summed E-state index contributed by atoms with van der Waals surface area (Å²) in [4.78, 5) is 2.37. The summed E-state index contributed by atoms with van der Waals surface area (Å²) in [6.07, 6.45) is 2.40. The minimum Gasteiger partial charge on any atom is -0.366 e. The van der Waals surface area contributed by atoms with Gasteiger partial charge in [-0.2, -0.15) is 0 Å². The summed E-state index contributed by atoms with van der Waals surface area (Å²) in [5.41, 5.74) is 1.13. The molecule has 2 unspecified atom stereocenters. The summed E-state index contributed by atoms with van der Waals surface area (Å²) in [5, 5.41) is 3.57. The number of anilines is 1. The second kappa shape index (κ2) is 5.50. The van der Waals surface area contributed by atoms with E-state index in [9.17, 15) is 4.39 Å². The molecule has 0 amide bonds. The van der Waals surface area contributed by atoms with Crippen molar-refractivity contribution in [3.05, 3.63) is 30.1 Å². The molecule has 3 heteroatoms. The van der Waals surface area contributed by atoms with Crippen molar-refractivity contribution < 1.29 is 4.39 Å². The smallest absolute Gasteiger partial charge is 0.123 e. The maximum atomic E-state index is 12.9. The molecule has 1 aromatic carbocycles. The number of benzene rings is 1. The van der Waals surface area contributed by atoms with E-state index in [0.717, 1.165) is 18.8 Å². The highest BCUT2D eigenvalue weighted by molar-refractivity contribution is 5.48. The molecule has 0 spiro atoms. The van der Waals surface area contributed by atoms with Crippen molar-refractivity contribution in [1.82, 2.24) is 5.32 Å². The summed E-state index contributed by atoms with van der Waals surface area (Å²) in [5.74, 6) is -0.165. The Morgan fingerprint density at radius 2 is 2.06 bits per heavy atom. The van der Waals surface area contributed by atoms with Crippen LogP contribution in [0.25, 0.3) is 0 Å². The van der Waals surface area contributed by atoms with Gasteiger partial charge in [-0.1, -0.05) is 13.3 Å². The number of hydrogen-bond donors (Lipinski definition) is 1. The number of hydrogen-bond acceptors (Lipinski definition) is 2. The second-order valence-electron chi connectivity index (χ2n) is 4.87. The first kappa shape index (κ1) is 12.4. The Morgan fingerprint density at radius 3 is 2.71 bits per heavy atom. The number of nitrogens with zero attached hydrogens (tertiary/aromatic N) is 1. The molecule has 0 radical (unpaired) electrons. The molecule has 0 saturated carbocycles. The Balaban J connectivity index is 2.09. The van der Waals surface area contributed by atoms with Crippen molar-refractivity contribution in [2.24, 2.45) is 0 Å². The van der Waals surface area contributed by atoms with Crippen LogP contribution >= 0.6 is 0 Å². The van der Waals surface area contributed by atoms with Crippen LogP contribution in [-0.2, 0) is 0 Å². The normalized spacial score (nSPS) is 25.0. The van der Waals surface area contributed by atoms with Gasteiger partial charge in [-0.15, -0.1) is 0 Å². The molecule has 2 rings (SSSR count). The molecule has 0 aliphatic carbocycles. The van der Waals surface area contributed by atoms with Gasteiger partial charge in [0.2, 0.25) is 0 Å². The van der Waals surface area contributed by atoms with Crippen molar-refractivity contribution in [1.29, 1.82) is 0 Å². The molecule has 1 aromatic rings. The van der Waals surface area contributed by atoms with Gasteiger partial charge in [0.1, 0.15) is 5.82 Å². The Morgan fingerprint density at radius 1 is 1.35 bits per heavy atom. The van der Waals surface area contributed by atoms with Crippen molar-refractivity contribution >= 4 is 5.69 Å². The molecule has 0 bridgehead atoms. The van der Waals surface area contributed by atoms with Crippen molar-refractivity contribution in [3.8, 4) is 0 Å².